The molecule has 0 radical (unpaired) electrons. The standard InChI is InChI=1S/C12H18N6O/c1-2-17-7-10(6-15-17)5-13-11-8-19-9-12(11)18-4-3-14-16-18/h3-4,6-7,11-13H,2,5,8-9H2,1H3/t11-,12+/m0/s1. The third kappa shape index (κ3) is 2.66. The van der Waals surface area contributed by atoms with E-state index in [1.807, 2.05) is 21.8 Å². The van der Waals surface area contributed by atoms with E-state index in [2.05, 4.69) is 33.8 Å². The predicted octanol–water partition coefficient (Wildman–Crippen LogP) is 0.224. The van der Waals surface area contributed by atoms with Gasteiger partial charge in [-0.3, -0.25) is 4.68 Å². The first kappa shape index (κ1) is 12.3. The van der Waals surface area contributed by atoms with Crippen molar-refractivity contribution in [1.82, 2.24) is 30.1 Å². The van der Waals surface area contributed by atoms with Gasteiger partial charge in [0.25, 0.3) is 0 Å². The van der Waals surface area contributed by atoms with Crippen LogP contribution in [0.1, 0.15) is 18.5 Å². The zero-order valence-corrected chi connectivity index (χ0v) is 10.9. The molecule has 0 aromatic carbocycles. The van der Waals surface area contributed by atoms with E-state index in [1.165, 1.54) is 5.56 Å². The van der Waals surface area contributed by atoms with Crippen molar-refractivity contribution in [1.29, 1.82) is 0 Å². The third-order valence-electron chi connectivity index (χ3n) is 3.41. The molecule has 2 aromatic heterocycles. The summed E-state index contributed by atoms with van der Waals surface area (Å²) in [6.45, 7) is 5.14. The van der Waals surface area contributed by atoms with Crippen molar-refractivity contribution in [3.63, 3.8) is 0 Å². The van der Waals surface area contributed by atoms with Gasteiger partial charge in [-0.1, -0.05) is 5.21 Å². The molecule has 19 heavy (non-hydrogen) atoms. The van der Waals surface area contributed by atoms with Crippen LogP contribution in [-0.4, -0.2) is 44.0 Å². The largest absolute Gasteiger partial charge is 0.377 e. The number of nitrogens with zero attached hydrogens (tertiary/aromatic N) is 5. The summed E-state index contributed by atoms with van der Waals surface area (Å²) in [4.78, 5) is 0. The summed E-state index contributed by atoms with van der Waals surface area (Å²) in [5.41, 5.74) is 1.19. The quantitative estimate of drug-likeness (QED) is 0.835. The van der Waals surface area contributed by atoms with Crippen molar-refractivity contribution in [2.75, 3.05) is 13.2 Å². The van der Waals surface area contributed by atoms with Gasteiger partial charge < -0.3 is 10.1 Å². The Balaban J connectivity index is 1.60. The fourth-order valence-electron chi connectivity index (χ4n) is 2.31. The minimum absolute atomic E-state index is 0.212. The van der Waals surface area contributed by atoms with Gasteiger partial charge in [-0.25, -0.2) is 4.68 Å². The van der Waals surface area contributed by atoms with E-state index in [0.717, 1.165) is 13.1 Å². The summed E-state index contributed by atoms with van der Waals surface area (Å²) < 4.78 is 9.33. The topological polar surface area (TPSA) is 69.8 Å². The van der Waals surface area contributed by atoms with Crippen LogP contribution in [0.3, 0.4) is 0 Å². The molecule has 1 aliphatic heterocycles. The Morgan fingerprint density at radius 2 is 2.42 bits per heavy atom. The summed E-state index contributed by atoms with van der Waals surface area (Å²) in [5.74, 6) is 0. The maximum atomic E-state index is 5.54. The van der Waals surface area contributed by atoms with Gasteiger partial charge in [0.1, 0.15) is 0 Å². The van der Waals surface area contributed by atoms with Crippen molar-refractivity contribution in [2.45, 2.75) is 32.1 Å². The van der Waals surface area contributed by atoms with Gasteiger partial charge in [0.15, 0.2) is 0 Å². The minimum atomic E-state index is 0.212. The molecule has 0 aliphatic carbocycles. The van der Waals surface area contributed by atoms with Gasteiger partial charge in [0.2, 0.25) is 0 Å². The van der Waals surface area contributed by atoms with Gasteiger partial charge in [-0.2, -0.15) is 5.10 Å². The molecule has 0 amide bonds. The molecule has 0 bridgehead atoms. The zero-order chi connectivity index (χ0) is 13.1. The summed E-state index contributed by atoms with van der Waals surface area (Å²) >= 11 is 0. The van der Waals surface area contributed by atoms with Gasteiger partial charge in [-0.05, 0) is 6.92 Å². The van der Waals surface area contributed by atoms with E-state index in [4.69, 9.17) is 4.74 Å². The van der Waals surface area contributed by atoms with Gasteiger partial charge in [0.05, 0.1) is 37.7 Å². The Bertz CT molecular complexity index is 508. The Morgan fingerprint density at radius 1 is 1.47 bits per heavy atom. The average molecular weight is 262 g/mol. The molecule has 7 heteroatoms. The molecular formula is C12H18N6O. The monoisotopic (exact) mass is 262 g/mol. The Hall–Kier alpha value is -1.73. The lowest BCUT2D eigenvalue weighted by Gasteiger charge is -2.18. The number of aryl methyl sites for hydroxylation is 1. The van der Waals surface area contributed by atoms with Crippen LogP contribution in [0.4, 0.5) is 0 Å². The van der Waals surface area contributed by atoms with Crippen LogP contribution in [0.5, 0.6) is 0 Å². The first-order chi connectivity index (χ1) is 9.36. The van der Waals surface area contributed by atoms with Crippen molar-refractivity contribution in [2.24, 2.45) is 0 Å². The smallest absolute Gasteiger partial charge is 0.0945 e. The minimum Gasteiger partial charge on any atom is -0.377 e. The van der Waals surface area contributed by atoms with Gasteiger partial charge in [-0.15, -0.1) is 5.10 Å². The fraction of sp³-hybridized carbons (Fsp3) is 0.583. The Labute approximate surface area is 111 Å². The molecule has 7 nitrogen and oxygen atoms in total. The van der Waals surface area contributed by atoms with E-state index in [-0.39, 0.29) is 12.1 Å². The molecule has 102 valence electrons. The van der Waals surface area contributed by atoms with Crippen LogP contribution in [0, 0.1) is 0 Å². The lowest BCUT2D eigenvalue weighted by Crippen LogP contribution is -2.36. The van der Waals surface area contributed by atoms with E-state index in [9.17, 15) is 0 Å². The molecule has 0 unspecified atom stereocenters. The molecule has 1 N–H and O–H groups in total. The number of ether oxygens (including phenoxy) is 1. The third-order valence-corrected chi connectivity index (χ3v) is 3.41. The summed E-state index contributed by atoms with van der Waals surface area (Å²) in [6.07, 6.45) is 7.54. The average Bonchev–Trinajstić information content (AvgIpc) is 3.16. The van der Waals surface area contributed by atoms with Crippen molar-refractivity contribution < 1.29 is 4.74 Å². The second-order valence-corrected chi connectivity index (χ2v) is 4.68. The lowest BCUT2D eigenvalue weighted by atomic mass is 10.1. The van der Waals surface area contributed by atoms with Crippen LogP contribution in [0.25, 0.3) is 0 Å². The molecule has 3 rings (SSSR count). The maximum Gasteiger partial charge on any atom is 0.0945 e. The predicted molar refractivity (Wildman–Crippen MR) is 68.4 cm³/mol. The van der Waals surface area contributed by atoms with Crippen LogP contribution in [0.15, 0.2) is 24.8 Å². The molecule has 0 saturated carbocycles. The van der Waals surface area contributed by atoms with Gasteiger partial charge in [0, 0.05) is 31.0 Å². The molecule has 2 atom stereocenters. The second kappa shape index (κ2) is 5.50. The zero-order valence-electron chi connectivity index (χ0n) is 10.9. The maximum absolute atomic E-state index is 5.54. The fourth-order valence-corrected chi connectivity index (χ4v) is 2.31. The van der Waals surface area contributed by atoms with E-state index < -0.39 is 0 Å². The highest BCUT2D eigenvalue weighted by molar-refractivity contribution is 5.04. The highest BCUT2D eigenvalue weighted by Gasteiger charge is 2.29. The molecular weight excluding hydrogens is 244 g/mol. The van der Waals surface area contributed by atoms with Crippen LogP contribution in [0.2, 0.25) is 0 Å². The van der Waals surface area contributed by atoms with Crippen molar-refractivity contribution in [3.8, 4) is 0 Å². The first-order valence-corrected chi connectivity index (χ1v) is 6.55. The molecule has 2 aromatic rings. The molecule has 1 saturated heterocycles. The van der Waals surface area contributed by atoms with Crippen LogP contribution >= 0.6 is 0 Å². The van der Waals surface area contributed by atoms with E-state index >= 15 is 0 Å². The van der Waals surface area contributed by atoms with Crippen molar-refractivity contribution in [3.05, 3.63) is 30.4 Å². The number of hydrogen-bond donors (Lipinski definition) is 1. The summed E-state index contributed by atoms with van der Waals surface area (Å²) in [7, 11) is 0. The normalized spacial score (nSPS) is 23.0. The molecule has 0 spiro atoms. The lowest BCUT2D eigenvalue weighted by molar-refractivity contribution is 0.181. The number of hydrogen-bond acceptors (Lipinski definition) is 5. The molecule has 3 heterocycles. The van der Waals surface area contributed by atoms with E-state index in [1.54, 1.807) is 6.20 Å². The second-order valence-electron chi connectivity index (χ2n) is 4.68. The van der Waals surface area contributed by atoms with E-state index in [0.29, 0.717) is 13.2 Å². The first-order valence-electron chi connectivity index (χ1n) is 6.55. The Morgan fingerprint density at radius 3 is 3.16 bits per heavy atom. The van der Waals surface area contributed by atoms with Crippen molar-refractivity contribution >= 4 is 0 Å². The number of aromatic nitrogens is 5. The molecule has 1 fully saturated rings. The highest BCUT2D eigenvalue weighted by atomic mass is 16.5. The van der Waals surface area contributed by atoms with Crippen LogP contribution in [-0.2, 0) is 17.8 Å². The summed E-state index contributed by atoms with van der Waals surface area (Å²) in [6, 6.07) is 0.468. The highest BCUT2D eigenvalue weighted by Crippen LogP contribution is 2.18. The van der Waals surface area contributed by atoms with Gasteiger partial charge >= 0.3 is 0 Å². The Kier molecular flexibility index (Phi) is 3.56. The number of nitrogens with one attached hydrogen (secondary N) is 1. The van der Waals surface area contributed by atoms with Crippen LogP contribution < -0.4 is 5.32 Å². The SMILES string of the molecule is CCn1cc(CN[C@H]2COC[C@H]2n2ccnn2)cn1. The summed E-state index contributed by atoms with van der Waals surface area (Å²) in [5, 5.41) is 15.7. The number of rotatable bonds is 5. The molecule has 1 aliphatic rings.